The van der Waals surface area contributed by atoms with E-state index in [1.807, 2.05) is 37.8 Å². The van der Waals surface area contributed by atoms with Crippen molar-refractivity contribution in [3.63, 3.8) is 0 Å². The number of ether oxygens (including phenoxy) is 1. The van der Waals surface area contributed by atoms with Gasteiger partial charge in [-0.1, -0.05) is 19.9 Å². The smallest absolute Gasteiger partial charge is 0.410 e. The molecule has 1 saturated heterocycles. The molecule has 1 amide bonds. The number of amides is 1. The number of nitrogens with zero attached hydrogens (tertiary/aromatic N) is 1. The van der Waals surface area contributed by atoms with Gasteiger partial charge >= 0.3 is 12.1 Å². The van der Waals surface area contributed by atoms with E-state index >= 15 is 0 Å². The number of carbonyl (C=O) groups is 2. The van der Waals surface area contributed by atoms with Crippen molar-refractivity contribution in [1.29, 1.82) is 0 Å². The van der Waals surface area contributed by atoms with Crippen LogP contribution in [0.25, 0.3) is 0 Å². The molecular formula is C20H27NO4. The van der Waals surface area contributed by atoms with E-state index in [9.17, 15) is 14.7 Å². The Labute approximate surface area is 149 Å². The lowest BCUT2D eigenvalue weighted by atomic mass is 9.59. The Morgan fingerprint density at radius 1 is 1.32 bits per heavy atom. The third-order valence-electron chi connectivity index (χ3n) is 5.88. The molecule has 3 rings (SSSR count). The molecule has 2 aliphatic rings. The van der Waals surface area contributed by atoms with E-state index in [1.54, 1.807) is 6.07 Å². The monoisotopic (exact) mass is 345 g/mol. The minimum Gasteiger partial charge on any atom is -0.478 e. The van der Waals surface area contributed by atoms with Gasteiger partial charge in [0.05, 0.1) is 5.56 Å². The Morgan fingerprint density at radius 3 is 2.60 bits per heavy atom. The van der Waals surface area contributed by atoms with Gasteiger partial charge in [-0.25, -0.2) is 9.59 Å². The van der Waals surface area contributed by atoms with Gasteiger partial charge in [0, 0.05) is 12.6 Å². The summed E-state index contributed by atoms with van der Waals surface area (Å²) < 4.78 is 5.60. The van der Waals surface area contributed by atoms with Crippen molar-refractivity contribution in [2.75, 3.05) is 6.54 Å². The molecule has 0 aromatic heterocycles. The van der Waals surface area contributed by atoms with E-state index in [0.717, 1.165) is 24.0 Å². The Kier molecular flexibility index (Phi) is 4.09. The predicted molar refractivity (Wildman–Crippen MR) is 95.0 cm³/mol. The highest BCUT2D eigenvalue weighted by Crippen LogP contribution is 2.49. The highest BCUT2D eigenvalue weighted by atomic mass is 16.6. The lowest BCUT2D eigenvalue weighted by molar-refractivity contribution is -0.0164. The molecule has 0 radical (unpaired) electrons. The molecule has 2 bridgehead atoms. The van der Waals surface area contributed by atoms with Crippen molar-refractivity contribution in [1.82, 2.24) is 4.90 Å². The fourth-order valence-corrected chi connectivity index (χ4v) is 4.30. The first-order valence-corrected chi connectivity index (χ1v) is 8.89. The van der Waals surface area contributed by atoms with Crippen LogP contribution in [0.2, 0.25) is 0 Å². The fraction of sp³-hybridized carbons (Fsp3) is 0.600. The van der Waals surface area contributed by atoms with Crippen LogP contribution in [0, 0.1) is 5.92 Å². The van der Waals surface area contributed by atoms with Gasteiger partial charge in [0.25, 0.3) is 0 Å². The summed E-state index contributed by atoms with van der Waals surface area (Å²) in [5.74, 6) is -0.655. The van der Waals surface area contributed by atoms with Crippen molar-refractivity contribution in [2.24, 2.45) is 5.92 Å². The maximum atomic E-state index is 12.6. The molecule has 1 aliphatic heterocycles. The largest absolute Gasteiger partial charge is 0.478 e. The summed E-state index contributed by atoms with van der Waals surface area (Å²) in [6, 6.07) is 5.48. The van der Waals surface area contributed by atoms with Crippen LogP contribution in [0.4, 0.5) is 4.79 Å². The SMILES string of the molecule is C[C@@H]1[C@H]2Cc3ccc(C(=O)O)cc3[C@]1(C)CCN2C(=O)OC(C)(C)C. The maximum absolute atomic E-state index is 12.6. The molecule has 1 aliphatic carbocycles. The number of hydrogen-bond donors (Lipinski definition) is 1. The average Bonchev–Trinajstić information content (AvgIpc) is 2.48. The lowest BCUT2D eigenvalue weighted by Gasteiger charge is -2.54. The van der Waals surface area contributed by atoms with Crippen LogP contribution in [0.3, 0.4) is 0 Å². The zero-order valence-electron chi connectivity index (χ0n) is 15.6. The maximum Gasteiger partial charge on any atom is 0.410 e. The fourth-order valence-electron chi connectivity index (χ4n) is 4.30. The second kappa shape index (κ2) is 5.75. The number of hydrogen-bond acceptors (Lipinski definition) is 3. The van der Waals surface area contributed by atoms with Gasteiger partial charge in [-0.3, -0.25) is 0 Å². The number of fused-ring (bicyclic) bond motifs is 4. The van der Waals surface area contributed by atoms with Crippen molar-refractivity contribution < 1.29 is 19.4 Å². The van der Waals surface area contributed by atoms with Crippen LogP contribution in [0.15, 0.2) is 18.2 Å². The Hall–Kier alpha value is -2.04. The first kappa shape index (κ1) is 17.8. The highest BCUT2D eigenvalue weighted by molar-refractivity contribution is 5.88. The summed E-state index contributed by atoms with van der Waals surface area (Å²) in [5.41, 5.74) is 1.97. The van der Waals surface area contributed by atoms with Crippen LogP contribution >= 0.6 is 0 Å². The number of carboxylic acid groups (broad SMARTS) is 1. The number of aromatic carboxylic acids is 1. The zero-order chi connectivity index (χ0) is 18.6. The minimum absolute atomic E-state index is 0.0804. The molecule has 1 heterocycles. The molecule has 0 spiro atoms. The van der Waals surface area contributed by atoms with Crippen LogP contribution in [-0.4, -0.2) is 40.3 Å². The number of piperidine rings is 1. The van der Waals surface area contributed by atoms with Gasteiger partial charge in [0.15, 0.2) is 0 Å². The number of rotatable bonds is 1. The highest BCUT2D eigenvalue weighted by Gasteiger charge is 2.50. The van der Waals surface area contributed by atoms with E-state index in [-0.39, 0.29) is 23.5 Å². The Morgan fingerprint density at radius 2 is 2.00 bits per heavy atom. The molecule has 1 N–H and O–H groups in total. The molecule has 0 unspecified atom stereocenters. The summed E-state index contributed by atoms with van der Waals surface area (Å²) in [4.78, 5) is 25.9. The summed E-state index contributed by atoms with van der Waals surface area (Å²) in [7, 11) is 0. The molecule has 1 aromatic rings. The second-order valence-corrected chi connectivity index (χ2v) is 8.58. The van der Waals surface area contributed by atoms with Gasteiger partial charge < -0.3 is 14.7 Å². The van der Waals surface area contributed by atoms with Crippen molar-refractivity contribution in [3.05, 3.63) is 34.9 Å². The molecule has 25 heavy (non-hydrogen) atoms. The molecular weight excluding hydrogens is 318 g/mol. The van der Waals surface area contributed by atoms with Crippen molar-refractivity contribution >= 4 is 12.1 Å². The molecule has 5 heteroatoms. The molecule has 0 saturated carbocycles. The summed E-state index contributed by atoms with van der Waals surface area (Å²) in [6.45, 7) is 10.6. The van der Waals surface area contributed by atoms with Crippen molar-refractivity contribution in [2.45, 2.75) is 64.5 Å². The van der Waals surface area contributed by atoms with Gasteiger partial charge in [0.1, 0.15) is 5.60 Å². The van der Waals surface area contributed by atoms with E-state index in [1.165, 1.54) is 0 Å². The third-order valence-corrected chi connectivity index (χ3v) is 5.88. The van der Waals surface area contributed by atoms with Gasteiger partial charge in [-0.2, -0.15) is 0 Å². The van der Waals surface area contributed by atoms with E-state index in [0.29, 0.717) is 12.1 Å². The number of carbonyl (C=O) groups excluding carboxylic acids is 1. The molecule has 3 atom stereocenters. The number of carboxylic acids is 1. The second-order valence-electron chi connectivity index (χ2n) is 8.58. The standard InChI is InChI=1S/C20H27NO4/c1-12-16-11-13-6-7-14(17(22)23)10-15(13)20(12,5)8-9-21(16)18(24)25-19(2,3)4/h6-7,10,12,16H,8-9,11H2,1-5H3,(H,22,23)/t12-,16-,20-/m1/s1. The van der Waals surface area contributed by atoms with Crippen molar-refractivity contribution in [3.8, 4) is 0 Å². The Bertz CT molecular complexity index is 721. The first-order chi connectivity index (χ1) is 11.5. The first-order valence-electron chi connectivity index (χ1n) is 8.89. The Balaban J connectivity index is 1.96. The van der Waals surface area contributed by atoms with Gasteiger partial charge in [-0.05, 0) is 68.2 Å². The molecule has 5 nitrogen and oxygen atoms in total. The van der Waals surface area contributed by atoms with Crippen LogP contribution < -0.4 is 0 Å². The zero-order valence-corrected chi connectivity index (χ0v) is 15.6. The molecule has 136 valence electrons. The lowest BCUT2D eigenvalue weighted by Crippen LogP contribution is -2.60. The van der Waals surface area contributed by atoms with E-state index < -0.39 is 11.6 Å². The van der Waals surface area contributed by atoms with Gasteiger partial charge in [0.2, 0.25) is 0 Å². The molecule has 1 fully saturated rings. The van der Waals surface area contributed by atoms with Gasteiger partial charge in [-0.15, -0.1) is 0 Å². The molecule has 1 aromatic carbocycles. The summed E-state index contributed by atoms with van der Waals surface area (Å²) >= 11 is 0. The van der Waals surface area contributed by atoms with E-state index in [2.05, 4.69) is 13.8 Å². The van der Waals surface area contributed by atoms with E-state index in [4.69, 9.17) is 4.74 Å². The quantitative estimate of drug-likeness (QED) is 0.840. The van der Waals surface area contributed by atoms with Crippen LogP contribution in [0.1, 0.15) is 62.5 Å². The number of likely N-dealkylation sites (tertiary alicyclic amines) is 1. The average molecular weight is 345 g/mol. The minimum atomic E-state index is -0.896. The van der Waals surface area contributed by atoms with Crippen LogP contribution in [-0.2, 0) is 16.6 Å². The normalized spacial score (nSPS) is 28.3. The van der Waals surface area contributed by atoms with Crippen LogP contribution in [0.5, 0.6) is 0 Å². The summed E-state index contributed by atoms with van der Waals surface area (Å²) in [5, 5.41) is 9.31. The predicted octanol–water partition coefficient (Wildman–Crippen LogP) is 3.84. The topological polar surface area (TPSA) is 66.8 Å². The third kappa shape index (κ3) is 3.00. The number of benzene rings is 1. The summed E-state index contributed by atoms with van der Waals surface area (Å²) in [6.07, 6.45) is 1.29.